The molecule has 1 saturated heterocycles. The quantitative estimate of drug-likeness (QED) is 0.753. The minimum Gasteiger partial charge on any atom is -0.349 e. The van der Waals surface area contributed by atoms with Crippen molar-refractivity contribution in [2.24, 2.45) is 11.1 Å². The maximum absolute atomic E-state index is 13.0. The van der Waals surface area contributed by atoms with E-state index in [2.05, 4.69) is 5.32 Å². The van der Waals surface area contributed by atoms with Gasteiger partial charge in [-0.25, -0.2) is 17.9 Å². The Morgan fingerprint density at radius 2 is 1.63 bits per heavy atom. The summed E-state index contributed by atoms with van der Waals surface area (Å²) in [7, 11) is -3.76. The monoisotopic (exact) mass is 433 g/mol. The van der Waals surface area contributed by atoms with Gasteiger partial charge in [0.1, 0.15) is 5.82 Å². The van der Waals surface area contributed by atoms with Gasteiger partial charge in [0.05, 0.1) is 10.9 Å². The first-order valence-corrected chi connectivity index (χ1v) is 11.2. The second-order valence-corrected chi connectivity index (χ2v) is 8.98. The van der Waals surface area contributed by atoms with Gasteiger partial charge in [0.2, 0.25) is 15.9 Å². The van der Waals surface area contributed by atoms with Crippen LogP contribution in [0.15, 0.2) is 53.4 Å². The zero-order chi connectivity index (χ0) is 21.9. The highest BCUT2D eigenvalue weighted by Crippen LogP contribution is 2.22. The molecule has 1 heterocycles. The van der Waals surface area contributed by atoms with Gasteiger partial charge in [-0.05, 0) is 61.7 Å². The maximum atomic E-state index is 13.0. The number of nitrogens with one attached hydrogen (secondary N) is 1. The molecule has 1 aliphatic rings. The number of nitrogens with zero attached hydrogens (tertiary/aromatic N) is 1. The van der Waals surface area contributed by atoms with Crippen molar-refractivity contribution in [1.29, 1.82) is 0 Å². The second kappa shape index (κ2) is 8.93. The van der Waals surface area contributed by atoms with Crippen LogP contribution in [0.3, 0.4) is 0 Å². The molecule has 2 amide bonds. The maximum Gasteiger partial charge on any atom is 0.253 e. The molecule has 9 heteroatoms. The molecule has 3 rings (SSSR count). The Bertz CT molecular complexity index is 1020. The summed E-state index contributed by atoms with van der Waals surface area (Å²) >= 11 is 0. The molecule has 2 aromatic carbocycles. The Kier molecular flexibility index (Phi) is 6.52. The summed E-state index contributed by atoms with van der Waals surface area (Å²) in [6.07, 6.45) is 1.08. The Morgan fingerprint density at radius 1 is 1.07 bits per heavy atom. The summed E-state index contributed by atoms with van der Waals surface area (Å²) in [5.74, 6) is -0.882. The average Bonchev–Trinajstić information content (AvgIpc) is 2.73. The standard InChI is InChI=1S/C21H24FN3O4S/c1-14(15-4-8-19(9-5-15)30(23,28)29)24-20(26)16-10-12-25(13-11-16)21(27)17-2-6-18(22)7-3-17/h2-9,14,16H,10-13H2,1H3,(H,24,26)(H2,23,28,29)/t14-/m0/s1. The van der Waals surface area contributed by atoms with Crippen LogP contribution in [0.25, 0.3) is 0 Å². The van der Waals surface area contributed by atoms with Gasteiger partial charge in [-0.1, -0.05) is 12.1 Å². The van der Waals surface area contributed by atoms with Crippen molar-refractivity contribution in [2.75, 3.05) is 13.1 Å². The molecule has 0 spiro atoms. The van der Waals surface area contributed by atoms with E-state index in [-0.39, 0.29) is 28.7 Å². The zero-order valence-corrected chi connectivity index (χ0v) is 17.4. The predicted octanol–water partition coefficient (Wildman–Crippen LogP) is 2.20. The number of hydrogen-bond donors (Lipinski definition) is 2. The second-order valence-electron chi connectivity index (χ2n) is 7.42. The Labute approximate surface area is 175 Å². The molecule has 0 bridgehead atoms. The fraction of sp³-hybridized carbons (Fsp3) is 0.333. The smallest absolute Gasteiger partial charge is 0.253 e. The molecule has 160 valence electrons. The van der Waals surface area contributed by atoms with Crippen molar-refractivity contribution in [3.05, 3.63) is 65.5 Å². The van der Waals surface area contributed by atoms with Crippen molar-refractivity contribution in [3.8, 4) is 0 Å². The van der Waals surface area contributed by atoms with Crippen molar-refractivity contribution in [2.45, 2.75) is 30.7 Å². The molecule has 7 nitrogen and oxygen atoms in total. The highest BCUT2D eigenvalue weighted by atomic mass is 32.2. The molecule has 0 unspecified atom stereocenters. The first kappa shape index (κ1) is 21.9. The zero-order valence-electron chi connectivity index (χ0n) is 16.5. The van der Waals surface area contributed by atoms with Crippen LogP contribution in [0, 0.1) is 11.7 Å². The molecule has 1 aliphatic heterocycles. The number of benzene rings is 2. The fourth-order valence-corrected chi connectivity index (χ4v) is 4.00. The predicted molar refractivity (Wildman–Crippen MR) is 109 cm³/mol. The van der Waals surface area contributed by atoms with Gasteiger partial charge < -0.3 is 10.2 Å². The number of likely N-dealkylation sites (tertiary alicyclic amines) is 1. The van der Waals surface area contributed by atoms with E-state index in [4.69, 9.17) is 5.14 Å². The number of rotatable bonds is 5. The molecular weight excluding hydrogens is 409 g/mol. The molecule has 0 radical (unpaired) electrons. The molecule has 0 aromatic heterocycles. The van der Waals surface area contributed by atoms with Gasteiger partial charge in [-0.15, -0.1) is 0 Å². The lowest BCUT2D eigenvalue weighted by molar-refractivity contribution is -0.127. The number of halogens is 1. The molecule has 1 atom stereocenters. The van der Waals surface area contributed by atoms with Crippen LogP contribution in [0.2, 0.25) is 0 Å². The third-order valence-electron chi connectivity index (χ3n) is 5.31. The van der Waals surface area contributed by atoms with E-state index in [1.807, 2.05) is 6.92 Å². The van der Waals surface area contributed by atoms with E-state index in [1.54, 1.807) is 17.0 Å². The fourth-order valence-electron chi connectivity index (χ4n) is 3.48. The largest absolute Gasteiger partial charge is 0.349 e. The summed E-state index contributed by atoms with van der Waals surface area (Å²) in [4.78, 5) is 26.8. The van der Waals surface area contributed by atoms with E-state index >= 15 is 0 Å². The summed E-state index contributed by atoms with van der Waals surface area (Å²) in [5, 5.41) is 8.04. The van der Waals surface area contributed by atoms with Crippen molar-refractivity contribution in [1.82, 2.24) is 10.2 Å². The summed E-state index contributed by atoms with van der Waals surface area (Å²) in [6.45, 7) is 2.72. The van der Waals surface area contributed by atoms with Crippen molar-refractivity contribution >= 4 is 21.8 Å². The number of piperidine rings is 1. The molecule has 1 fully saturated rings. The molecule has 0 aliphatic carbocycles. The molecule has 2 aromatic rings. The van der Waals surface area contributed by atoms with Gasteiger partial charge in [-0.3, -0.25) is 9.59 Å². The number of carbonyl (C=O) groups excluding carboxylic acids is 2. The Morgan fingerprint density at radius 3 is 2.17 bits per heavy atom. The highest BCUT2D eigenvalue weighted by molar-refractivity contribution is 7.89. The number of carbonyl (C=O) groups is 2. The van der Waals surface area contributed by atoms with Crippen LogP contribution in [-0.4, -0.2) is 38.2 Å². The molecule has 3 N–H and O–H groups in total. The van der Waals surface area contributed by atoms with Gasteiger partial charge in [0.15, 0.2) is 0 Å². The molecule has 0 saturated carbocycles. The van der Waals surface area contributed by atoms with Gasteiger partial charge in [0, 0.05) is 24.6 Å². The lowest BCUT2D eigenvalue weighted by Crippen LogP contribution is -2.43. The van der Waals surface area contributed by atoms with Crippen LogP contribution < -0.4 is 10.5 Å². The third kappa shape index (κ3) is 5.22. The SMILES string of the molecule is C[C@H](NC(=O)C1CCN(C(=O)c2ccc(F)cc2)CC1)c1ccc(S(N)(=O)=O)cc1. The first-order valence-electron chi connectivity index (χ1n) is 9.63. The highest BCUT2D eigenvalue weighted by Gasteiger charge is 2.28. The van der Waals surface area contributed by atoms with Crippen LogP contribution in [-0.2, 0) is 14.8 Å². The van der Waals surface area contributed by atoms with E-state index in [1.165, 1.54) is 36.4 Å². The Balaban J connectivity index is 1.53. The van der Waals surface area contributed by atoms with Gasteiger partial charge in [-0.2, -0.15) is 0 Å². The number of primary sulfonamides is 1. The topological polar surface area (TPSA) is 110 Å². The normalized spacial score (nSPS) is 16.2. The van der Waals surface area contributed by atoms with Crippen LogP contribution >= 0.6 is 0 Å². The van der Waals surface area contributed by atoms with E-state index in [0.717, 1.165) is 5.56 Å². The lowest BCUT2D eigenvalue weighted by Gasteiger charge is -2.32. The van der Waals surface area contributed by atoms with Crippen LogP contribution in [0.4, 0.5) is 4.39 Å². The number of hydrogen-bond acceptors (Lipinski definition) is 4. The Hall–Kier alpha value is -2.78. The lowest BCUT2D eigenvalue weighted by atomic mass is 9.94. The van der Waals surface area contributed by atoms with Crippen LogP contribution in [0.5, 0.6) is 0 Å². The average molecular weight is 434 g/mol. The first-order chi connectivity index (χ1) is 14.1. The summed E-state index contributed by atoms with van der Waals surface area (Å²) in [6, 6.07) is 11.2. The van der Waals surface area contributed by atoms with Crippen molar-refractivity contribution < 1.29 is 22.4 Å². The minimum atomic E-state index is -3.76. The number of nitrogens with two attached hydrogens (primary N) is 1. The number of amides is 2. The van der Waals surface area contributed by atoms with Gasteiger partial charge >= 0.3 is 0 Å². The molecular formula is C21H24FN3O4S. The summed E-state index contributed by atoms with van der Waals surface area (Å²) < 4.78 is 35.7. The van der Waals surface area contributed by atoms with Crippen LogP contribution in [0.1, 0.15) is 41.7 Å². The summed E-state index contributed by atoms with van der Waals surface area (Å²) in [5.41, 5.74) is 1.19. The van der Waals surface area contributed by atoms with E-state index in [9.17, 15) is 22.4 Å². The minimum absolute atomic E-state index is 0.0166. The molecule has 30 heavy (non-hydrogen) atoms. The number of sulfonamides is 1. The van der Waals surface area contributed by atoms with E-state index in [0.29, 0.717) is 31.5 Å². The van der Waals surface area contributed by atoms with E-state index < -0.39 is 15.8 Å². The third-order valence-corrected chi connectivity index (χ3v) is 6.24. The van der Waals surface area contributed by atoms with Gasteiger partial charge in [0.25, 0.3) is 5.91 Å². The van der Waals surface area contributed by atoms with Crippen molar-refractivity contribution in [3.63, 3.8) is 0 Å².